The second kappa shape index (κ2) is 11.0. The normalized spacial score (nSPS) is 18.2. The largest absolute Gasteiger partial charge is 0.383 e. The molecule has 30 heavy (non-hydrogen) atoms. The third kappa shape index (κ3) is 5.33. The van der Waals surface area contributed by atoms with Gasteiger partial charge in [0.15, 0.2) is 0 Å². The highest BCUT2D eigenvalue weighted by Crippen LogP contribution is 2.29. The summed E-state index contributed by atoms with van der Waals surface area (Å²) in [7, 11) is 0. The van der Waals surface area contributed by atoms with Crippen LogP contribution in [0.2, 0.25) is 0 Å². The van der Waals surface area contributed by atoms with E-state index in [1.54, 1.807) is 18.2 Å². The number of carbonyl (C=O) groups excluding carboxylic acids is 4. The number of hydrogen-bond acceptors (Lipinski definition) is 8. The number of halogens is 1. The standard InChI is InChI=1S/C19H24N4O6.ClH/c20-5-7-28-9-10-29-8-6-21-12-1-2-13-14(11-12)19(27)23(18(13)26)15-3-4-16(24)22-17(15)25;/h1-2,11,15,21H,3-10,20H2,(H,22,24,25);1H. The van der Waals surface area contributed by atoms with Crippen molar-refractivity contribution in [3.63, 3.8) is 0 Å². The van der Waals surface area contributed by atoms with Crippen molar-refractivity contribution in [2.75, 3.05) is 44.8 Å². The molecule has 2 aliphatic rings. The molecule has 2 aliphatic heterocycles. The molecule has 0 spiro atoms. The lowest BCUT2D eigenvalue weighted by atomic mass is 10.0. The monoisotopic (exact) mass is 440 g/mol. The van der Waals surface area contributed by atoms with E-state index in [9.17, 15) is 19.2 Å². The van der Waals surface area contributed by atoms with Crippen molar-refractivity contribution < 1.29 is 28.7 Å². The van der Waals surface area contributed by atoms with Crippen molar-refractivity contribution in [1.29, 1.82) is 0 Å². The van der Waals surface area contributed by atoms with Gasteiger partial charge in [0.1, 0.15) is 6.04 Å². The first-order valence-corrected chi connectivity index (χ1v) is 9.48. The van der Waals surface area contributed by atoms with Gasteiger partial charge in [0.25, 0.3) is 11.8 Å². The number of anilines is 1. The van der Waals surface area contributed by atoms with Gasteiger partial charge in [-0.1, -0.05) is 0 Å². The summed E-state index contributed by atoms with van der Waals surface area (Å²) in [6.45, 7) is 2.86. The molecule has 4 N–H and O–H groups in total. The molecule has 1 unspecified atom stereocenters. The zero-order valence-electron chi connectivity index (χ0n) is 16.3. The Morgan fingerprint density at radius 2 is 1.73 bits per heavy atom. The Hall–Kier alpha value is -2.53. The fourth-order valence-electron chi connectivity index (χ4n) is 3.25. The van der Waals surface area contributed by atoms with Crippen molar-refractivity contribution in [3.05, 3.63) is 29.3 Å². The third-order valence-electron chi connectivity index (χ3n) is 4.65. The van der Waals surface area contributed by atoms with Crippen LogP contribution in [0.3, 0.4) is 0 Å². The van der Waals surface area contributed by atoms with Gasteiger partial charge in [-0.05, 0) is 24.6 Å². The molecule has 1 atom stereocenters. The number of carbonyl (C=O) groups is 4. The maximum absolute atomic E-state index is 12.8. The molecule has 1 fully saturated rings. The fraction of sp³-hybridized carbons (Fsp3) is 0.474. The third-order valence-corrected chi connectivity index (χ3v) is 4.65. The topological polar surface area (TPSA) is 140 Å². The summed E-state index contributed by atoms with van der Waals surface area (Å²) in [5.74, 6) is -2.08. The maximum atomic E-state index is 12.8. The number of nitrogens with one attached hydrogen (secondary N) is 2. The number of nitrogens with zero attached hydrogens (tertiary/aromatic N) is 1. The molecule has 10 nitrogen and oxygen atoms in total. The first-order valence-electron chi connectivity index (χ1n) is 9.48. The average Bonchev–Trinajstić information content (AvgIpc) is 2.94. The number of hydrogen-bond donors (Lipinski definition) is 3. The number of piperidine rings is 1. The summed E-state index contributed by atoms with van der Waals surface area (Å²) in [4.78, 5) is 49.7. The molecule has 11 heteroatoms. The van der Waals surface area contributed by atoms with Crippen LogP contribution in [0.15, 0.2) is 18.2 Å². The molecule has 0 aliphatic carbocycles. The number of imide groups is 2. The lowest BCUT2D eigenvalue weighted by Gasteiger charge is -2.27. The van der Waals surface area contributed by atoms with Crippen molar-refractivity contribution in [3.8, 4) is 0 Å². The van der Waals surface area contributed by atoms with Gasteiger partial charge in [-0.15, -0.1) is 12.4 Å². The minimum atomic E-state index is -0.966. The van der Waals surface area contributed by atoms with Crippen LogP contribution >= 0.6 is 12.4 Å². The van der Waals surface area contributed by atoms with Gasteiger partial charge in [-0.2, -0.15) is 0 Å². The van der Waals surface area contributed by atoms with Gasteiger partial charge in [-0.3, -0.25) is 29.4 Å². The quantitative estimate of drug-likeness (QED) is 0.339. The maximum Gasteiger partial charge on any atom is 0.262 e. The van der Waals surface area contributed by atoms with Crippen LogP contribution in [-0.4, -0.2) is 74.1 Å². The van der Waals surface area contributed by atoms with Crippen molar-refractivity contribution in [1.82, 2.24) is 10.2 Å². The van der Waals surface area contributed by atoms with Crippen LogP contribution in [0.5, 0.6) is 0 Å². The molecule has 0 radical (unpaired) electrons. The van der Waals surface area contributed by atoms with Crippen LogP contribution in [-0.2, 0) is 19.1 Å². The van der Waals surface area contributed by atoms with Crippen molar-refractivity contribution in [2.45, 2.75) is 18.9 Å². The van der Waals surface area contributed by atoms with E-state index in [0.29, 0.717) is 45.2 Å². The van der Waals surface area contributed by atoms with E-state index in [4.69, 9.17) is 15.2 Å². The van der Waals surface area contributed by atoms with Crippen molar-refractivity contribution >= 4 is 41.7 Å². The zero-order valence-corrected chi connectivity index (χ0v) is 17.2. The number of nitrogens with two attached hydrogens (primary N) is 1. The van der Waals surface area contributed by atoms with Crippen LogP contribution in [0.25, 0.3) is 0 Å². The molecule has 164 valence electrons. The Morgan fingerprint density at radius 3 is 2.43 bits per heavy atom. The minimum absolute atomic E-state index is 0. The average molecular weight is 441 g/mol. The summed E-state index contributed by atoms with van der Waals surface area (Å²) in [5.41, 5.74) is 6.47. The molecule has 2 heterocycles. The first kappa shape index (κ1) is 23.7. The fourth-order valence-corrected chi connectivity index (χ4v) is 3.25. The highest BCUT2D eigenvalue weighted by molar-refractivity contribution is 6.23. The van der Waals surface area contributed by atoms with E-state index in [2.05, 4.69) is 10.6 Å². The molecular formula is C19H25ClN4O6. The number of benzene rings is 1. The molecule has 1 aromatic carbocycles. The van der Waals surface area contributed by atoms with Crippen LogP contribution in [0.1, 0.15) is 33.6 Å². The Kier molecular flexibility index (Phi) is 8.72. The van der Waals surface area contributed by atoms with Gasteiger partial charge in [0.05, 0.1) is 37.6 Å². The predicted molar refractivity (Wildman–Crippen MR) is 110 cm³/mol. The van der Waals surface area contributed by atoms with Crippen LogP contribution < -0.4 is 16.4 Å². The number of amides is 4. The van der Waals surface area contributed by atoms with E-state index in [1.807, 2.05) is 0 Å². The molecule has 4 amide bonds. The number of ether oxygens (including phenoxy) is 2. The Morgan fingerprint density at radius 1 is 1.03 bits per heavy atom. The SMILES string of the molecule is Cl.NCCOCCOCCNc1ccc2c(c1)C(=O)N(C1CCC(=O)NC1=O)C2=O. The second-order valence-corrected chi connectivity index (χ2v) is 6.65. The highest BCUT2D eigenvalue weighted by atomic mass is 35.5. The number of fused-ring (bicyclic) bond motifs is 1. The summed E-state index contributed by atoms with van der Waals surface area (Å²) in [5, 5.41) is 5.30. The lowest BCUT2D eigenvalue weighted by Crippen LogP contribution is -2.54. The molecule has 0 aromatic heterocycles. The van der Waals surface area contributed by atoms with E-state index in [0.717, 1.165) is 4.90 Å². The van der Waals surface area contributed by atoms with E-state index in [1.165, 1.54) is 0 Å². The molecule has 0 saturated carbocycles. The van der Waals surface area contributed by atoms with E-state index in [-0.39, 0.29) is 36.4 Å². The molecule has 1 aromatic rings. The summed E-state index contributed by atoms with van der Waals surface area (Å²) < 4.78 is 10.6. The van der Waals surface area contributed by atoms with Gasteiger partial charge < -0.3 is 20.5 Å². The molecular weight excluding hydrogens is 416 g/mol. The van der Waals surface area contributed by atoms with Crippen LogP contribution in [0.4, 0.5) is 5.69 Å². The Balaban J connectivity index is 0.00000320. The molecule has 1 saturated heterocycles. The van der Waals surface area contributed by atoms with Gasteiger partial charge in [0, 0.05) is 25.2 Å². The zero-order chi connectivity index (χ0) is 20.8. The van der Waals surface area contributed by atoms with Gasteiger partial charge in [-0.25, -0.2) is 0 Å². The highest BCUT2D eigenvalue weighted by Gasteiger charge is 2.44. The summed E-state index contributed by atoms with van der Waals surface area (Å²) >= 11 is 0. The summed E-state index contributed by atoms with van der Waals surface area (Å²) in [6, 6.07) is 3.88. The van der Waals surface area contributed by atoms with E-state index >= 15 is 0 Å². The Labute approximate surface area is 179 Å². The minimum Gasteiger partial charge on any atom is -0.383 e. The first-order chi connectivity index (χ1) is 14.0. The number of rotatable bonds is 10. The summed E-state index contributed by atoms with van der Waals surface area (Å²) in [6.07, 6.45) is 0.224. The second-order valence-electron chi connectivity index (χ2n) is 6.65. The van der Waals surface area contributed by atoms with Gasteiger partial charge >= 0.3 is 0 Å². The lowest BCUT2D eigenvalue weighted by molar-refractivity contribution is -0.136. The van der Waals surface area contributed by atoms with Crippen LogP contribution in [0, 0.1) is 0 Å². The Bertz CT molecular complexity index is 818. The molecule has 3 rings (SSSR count). The smallest absolute Gasteiger partial charge is 0.262 e. The van der Waals surface area contributed by atoms with Crippen molar-refractivity contribution in [2.24, 2.45) is 5.73 Å². The molecule has 0 bridgehead atoms. The van der Waals surface area contributed by atoms with Gasteiger partial charge in [0.2, 0.25) is 11.8 Å². The predicted octanol–water partition coefficient (Wildman–Crippen LogP) is -0.0866. The van der Waals surface area contributed by atoms with E-state index < -0.39 is 29.7 Å².